The van der Waals surface area contributed by atoms with E-state index in [-0.39, 0.29) is 24.5 Å². The van der Waals surface area contributed by atoms with E-state index in [1.165, 1.54) is 6.07 Å². The largest absolute Gasteiger partial charge is 0.507 e. The van der Waals surface area contributed by atoms with Gasteiger partial charge in [-0.25, -0.2) is 4.79 Å². The molecule has 3 aromatic rings. The molecule has 0 radical (unpaired) electrons. The number of fused-ring (bicyclic) bond motifs is 1. The molecular weight excluding hydrogens is 292 g/mol. The van der Waals surface area contributed by atoms with Crippen molar-refractivity contribution in [2.45, 2.75) is 0 Å². The van der Waals surface area contributed by atoms with Crippen LogP contribution in [0.15, 0.2) is 60.7 Å². The highest BCUT2D eigenvalue weighted by atomic mass is 16.5. The lowest BCUT2D eigenvalue weighted by Crippen LogP contribution is -2.10. The van der Waals surface area contributed by atoms with Crippen molar-refractivity contribution in [1.82, 2.24) is 0 Å². The normalized spacial score (nSPS) is 10.7. The zero-order chi connectivity index (χ0) is 16.2. The first-order valence-corrected chi connectivity index (χ1v) is 7.30. The third kappa shape index (κ3) is 2.89. The number of hydrogen-bond donors (Lipinski definition) is 2. The minimum atomic E-state index is -0.570. The molecular formula is C19H16O4. The highest BCUT2D eigenvalue weighted by Crippen LogP contribution is 2.37. The highest BCUT2D eigenvalue weighted by molar-refractivity contribution is 6.10. The van der Waals surface area contributed by atoms with Crippen molar-refractivity contribution in [1.29, 1.82) is 0 Å². The van der Waals surface area contributed by atoms with Gasteiger partial charge in [-0.2, -0.15) is 0 Å². The molecule has 0 aliphatic heterocycles. The minimum Gasteiger partial charge on any atom is -0.507 e. The van der Waals surface area contributed by atoms with Crippen molar-refractivity contribution in [3.05, 3.63) is 66.2 Å². The summed E-state index contributed by atoms with van der Waals surface area (Å²) in [4.78, 5) is 12.3. The first kappa shape index (κ1) is 15.1. The quantitative estimate of drug-likeness (QED) is 0.725. The number of esters is 1. The van der Waals surface area contributed by atoms with Gasteiger partial charge in [0.1, 0.15) is 12.4 Å². The zero-order valence-electron chi connectivity index (χ0n) is 12.4. The maximum Gasteiger partial charge on any atom is 0.339 e. The molecule has 0 amide bonds. The molecule has 0 unspecified atom stereocenters. The van der Waals surface area contributed by atoms with Crippen LogP contribution in [0.3, 0.4) is 0 Å². The van der Waals surface area contributed by atoms with Crippen LogP contribution in [0.5, 0.6) is 5.75 Å². The van der Waals surface area contributed by atoms with E-state index < -0.39 is 5.97 Å². The Morgan fingerprint density at radius 2 is 1.61 bits per heavy atom. The number of carbonyl (C=O) groups is 1. The number of rotatable bonds is 4. The number of carbonyl (C=O) groups excluding carboxylic acids is 1. The topological polar surface area (TPSA) is 66.8 Å². The molecule has 3 aromatic carbocycles. The van der Waals surface area contributed by atoms with E-state index >= 15 is 0 Å². The van der Waals surface area contributed by atoms with Gasteiger partial charge < -0.3 is 14.9 Å². The van der Waals surface area contributed by atoms with Gasteiger partial charge >= 0.3 is 5.97 Å². The van der Waals surface area contributed by atoms with Gasteiger partial charge in [-0.3, -0.25) is 0 Å². The van der Waals surface area contributed by atoms with E-state index in [0.29, 0.717) is 10.9 Å². The number of hydrogen-bond acceptors (Lipinski definition) is 4. The van der Waals surface area contributed by atoms with Gasteiger partial charge in [-0.05, 0) is 17.0 Å². The van der Waals surface area contributed by atoms with Gasteiger partial charge in [-0.15, -0.1) is 0 Å². The Labute approximate surface area is 133 Å². The van der Waals surface area contributed by atoms with Gasteiger partial charge in [0, 0.05) is 10.9 Å². The molecule has 0 bridgehead atoms. The van der Waals surface area contributed by atoms with E-state index in [1.807, 2.05) is 48.5 Å². The van der Waals surface area contributed by atoms with Crippen LogP contribution >= 0.6 is 0 Å². The molecule has 23 heavy (non-hydrogen) atoms. The summed E-state index contributed by atoms with van der Waals surface area (Å²) < 4.78 is 5.04. The number of phenolic OH excluding ortho intramolecular Hbond substituents is 1. The van der Waals surface area contributed by atoms with Crippen molar-refractivity contribution < 1.29 is 19.7 Å². The molecule has 0 spiro atoms. The van der Waals surface area contributed by atoms with E-state index in [0.717, 1.165) is 10.9 Å². The second-order valence-electron chi connectivity index (χ2n) is 5.09. The molecule has 4 nitrogen and oxygen atoms in total. The Kier molecular flexibility index (Phi) is 4.26. The SMILES string of the molecule is O=C(OCCO)c1cc(O)c2ccccc2c1-c1ccccc1. The fraction of sp³-hybridized carbons (Fsp3) is 0.105. The smallest absolute Gasteiger partial charge is 0.339 e. The summed E-state index contributed by atoms with van der Waals surface area (Å²) in [5, 5.41) is 20.5. The van der Waals surface area contributed by atoms with Crippen LogP contribution in [0.2, 0.25) is 0 Å². The predicted molar refractivity (Wildman–Crippen MR) is 88.4 cm³/mol. The van der Waals surface area contributed by atoms with Gasteiger partial charge in [0.2, 0.25) is 0 Å². The summed E-state index contributed by atoms with van der Waals surface area (Å²) in [6.45, 7) is -0.327. The molecule has 4 heteroatoms. The maximum atomic E-state index is 12.3. The molecule has 0 aliphatic carbocycles. The highest BCUT2D eigenvalue weighted by Gasteiger charge is 2.19. The second-order valence-corrected chi connectivity index (χ2v) is 5.09. The van der Waals surface area contributed by atoms with Gasteiger partial charge in [0.15, 0.2) is 0 Å². The van der Waals surface area contributed by atoms with Crippen molar-refractivity contribution in [2.24, 2.45) is 0 Å². The van der Waals surface area contributed by atoms with Crippen LogP contribution in [0.25, 0.3) is 21.9 Å². The number of ether oxygens (including phenoxy) is 1. The monoisotopic (exact) mass is 308 g/mol. The molecule has 0 saturated carbocycles. The fourth-order valence-corrected chi connectivity index (χ4v) is 2.65. The Balaban J connectivity index is 2.28. The van der Waals surface area contributed by atoms with E-state index in [9.17, 15) is 9.90 Å². The predicted octanol–water partition coefficient (Wildman–Crippen LogP) is 3.36. The molecule has 3 rings (SSSR count). The lowest BCUT2D eigenvalue weighted by molar-refractivity contribution is 0.0434. The molecule has 0 fully saturated rings. The third-order valence-electron chi connectivity index (χ3n) is 3.63. The van der Waals surface area contributed by atoms with E-state index in [1.54, 1.807) is 6.07 Å². The average Bonchev–Trinajstić information content (AvgIpc) is 2.60. The Hall–Kier alpha value is -2.85. The summed E-state index contributed by atoms with van der Waals surface area (Å²) in [7, 11) is 0. The number of aromatic hydroxyl groups is 1. The number of aliphatic hydroxyl groups is 1. The lowest BCUT2D eigenvalue weighted by Gasteiger charge is -2.14. The van der Waals surface area contributed by atoms with E-state index in [2.05, 4.69) is 0 Å². The summed E-state index contributed by atoms with van der Waals surface area (Å²) >= 11 is 0. The fourth-order valence-electron chi connectivity index (χ4n) is 2.65. The van der Waals surface area contributed by atoms with Gasteiger partial charge in [0.05, 0.1) is 12.2 Å². The molecule has 0 heterocycles. The van der Waals surface area contributed by atoms with Crippen LogP contribution < -0.4 is 0 Å². The summed E-state index contributed by atoms with van der Waals surface area (Å²) in [6, 6.07) is 18.3. The van der Waals surface area contributed by atoms with Gasteiger partial charge in [-0.1, -0.05) is 54.6 Å². The molecule has 116 valence electrons. The number of phenols is 1. The Morgan fingerprint density at radius 3 is 2.30 bits per heavy atom. The summed E-state index contributed by atoms with van der Waals surface area (Å²) in [5.74, 6) is -0.546. The van der Waals surface area contributed by atoms with Crippen molar-refractivity contribution in [3.63, 3.8) is 0 Å². The minimum absolute atomic E-state index is 0.0243. The summed E-state index contributed by atoms with van der Waals surface area (Å²) in [6.07, 6.45) is 0. The second kappa shape index (κ2) is 6.50. The molecule has 0 aromatic heterocycles. The van der Waals surface area contributed by atoms with Crippen LogP contribution in [0.1, 0.15) is 10.4 Å². The molecule has 0 aliphatic rings. The van der Waals surface area contributed by atoms with Crippen LogP contribution in [0.4, 0.5) is 0 Å². The van der Waals surface area contributed by atoms with Gasteiger partial charge in [0.25, 0.3) is 0 Å². The first-order chi connectivity index (χ1) is 11.2. The maximum absolute atomic E-state index is 12.3. The number of benzene rings is 3. The average molecular weight is 308 g/mol. The van der Waals surface area contributed by atoms with Crippen LogP contribution in [-0.2, 0) is 4.74 Å². The molecule has 0 atom stereocenters. The van der Waals surface area contributed by atoms with Crippen molar-refractivity contribution in [3.8, 4) is 16.9 Å². The molecule has 2 N–H and O–H groups in total. The van der Waals surface area contributed by atoms with Crippen molar-refractivity contribution in [2.75, 3.05) is 13.2 Å². The standard InChI is InChI=1S/C19H16O4/c20-10-11-23-19(22)16-12-17(21)14-8-4-5-9-15(14)18(16)13-6-2-1-3-7-13/h1-9,12,20-21H,10-11H2. The zero-order valence-corrected chi connectivity index (χ0v) is 12.4. The van der Waals surface area contributed by atoms with Crippen LogP contribution in [0, 0.1) is 0 Å². The first-order valence-electron chi connectivity index (χ1n) is 7.30. The Bertz CT molecular complexity index is 841. The van der Waals surface area contributed by atoms with E-state index in [4.69, 9.17) is 9.84 Å². The Morgan fingerprint density at radius 1 is 0.957 bits per heavy atom. The summed E-state index contributed by atoms with van der Waals surface area (Å²) in [5.41, 5.74) is 1.85. The van der Waals surface area contributed by atoms with Crippen LogP contribution in [-0.4, -0.2) is 29.4 Å². The lowest BCUT2D eigenvalue weighted by atomic mass is 9.92. The third-order valence-corrected chi connectivity index (χ3v) is 3.63. The number of aliphatic hydroxyl groups excluding tert-OH is 1. The van der Waals surface area contributed by atoms with Crippen molar-refractivity contribution >= 4 is 16.7 Å². The molecule has 0 saturated heterocycles.